The monoisotopic (exact) mass is 1120 g/mol. The highest BCUT2D eigenvalue weighted by Crippen LogP contribution is 2.42. The Kier molecular flexibility index (Phi) is 28.1. The lowest BCUT2D eigenvalue weighted by Gasteiger charge is -2.23. The molecule has 4 atom stereocenters. The molecule has 26 heteroatoms. The molecule has 0 saturated heterocycles. The summed E-state index contributed by atoms with van der Waals surface area (Å²) < 4.78 is 34.2. The quantitative estimate of drug-likeness (QED) is 0.00980. The smallest absolute Gasteiger partial charge is 0.328 e. The molecule has 0 radical (unpaired) electrons. The first-order valence-corrected chi connectivity index (χ1v) is 26.3. The van der Waals surface area contributed by atoms with E-state index in [1.54, 1.807) is 6.08 Å². The van der Waals surface area contributed by atoms with Crippen LogP contribution in [0.5, 0.6) is 23.0 Å². The van der Waals surface area contributed by atoms with Gasteiger partial charge in [0.05, 0.1) is 26.7 Å². The number of benzene rings is 2. The Morgan fingerprint density at radius 3 is 1.45 bits per heavy atom. The largest absolute Gasteiger partial charge is 0.507 e. The number of nitrogens with zero attached hydrogens (tertiary/aromatic N) is 2. The van der Waals surface area contributed by atoms with Gasteiger partial charge in [-0.1, -0.05) is 23.3 Å². The molecule has 1 heterocycles. The Morgan fingerprint density at radius 1 is 0.600 bits per heavy atom. The highest BCUT2D eigenvalue weighted by Gasteiger charge is 2.30. The van der Waals surface area contributed by atoms with Crippen LogP contribution in [0.1, 0.15) is 103 Å². The van der Waals surface area contributed by atoms with Gasteiger partial charge in [0.1, 0.15) is 52.2 Å². The van der Waals surface area contributed by atoms with E-state index in [0.717, 1.165) is 11.1 Å². The minimum Gasteiger partial charge on any atom is -0.507 e. The average Bonchev–Trinajstić information content (AvgIpc) is 3.40. The zero-order chi connectivity index (χ0) is 59.5. The number of guanidine groups is 2. The van der Waals surface area contributed by atoms with Gasteiger partial charge in [-0.3, -0.25) is 34.0 Å². The second-order valence-electron chi connectivity index (χ2n) is 19.2. The summed E-state index contributed by atoms with van der Waals surface area (Å²) in [7, 11) is 3.72. The highest BCUT2D eigenvalue weighted by atomic mass is 16.5. The van der Waals surface area contributed by atoms with E-state index >= 15 is 0 Å². The molecule has 0 aliphatic heterocycles. The lowest BCUT2D eigenvalue weighted by atomic mass is 9.98. The van der Waals surface area contributed by atoms with Crippen molar-refractivity contribution in [3.63, 3.8) is 0 Å². The predicted molar refractivity (Wildman–Crippen MR) is 303 cm³/mol. The molecule has 26 nitrogen and oxygen atoms in total. The van der Waals surface area contributed by atoms with Crippen LogP contribution < -0.4 is 75.3 Å². The minimum absolute atomic E-state index is 0.0167. The minimum atomic E-state index is -1.13. The number of hydrogen-bond acceptors (Lipinski definition) is 18. The van der Waals surface area contributed by atoms with Crippen LogP contribution in [0, 0.1) is 0 Å². The number of esters is 2. The van der Waals surface area contributed by atoms with Gasteiger partial charge >= 0.3 is 11.9 Å². The van der Waals surface area contributed by atoms with Gasteiger partial charge in [-0.05, 0) is 118 Å². The lowest BCUT2D eigenvalue weighted by Crippen LogP contribution is -2.52. The predicted octanol–water partition coefficient (Wildman–Crippen LogP) is 1.09. The van der Waals surface area contributed by atoms with Crippen molar-refractivity contribution in [3.8, 4) is 23.0 Å². The molecule has 0 aliphatic rings. The van der Waals surface area contributed by atoms with Crippen molar-refractivity contribution in [2.45, 2.75) is 129 Å². The summed E-state index contributed by atoms with van der Waals surface area (Å²) >= 11 is 0. The molecule has 3 aromatic rings. The Balaban J connectivity index is 2.08. The van der Waals surface area contributed by atoms with E-state index in [-0.39, 0.29) is 108 Å². The van der Waals surface area contributed by atoms with Gasteiger partial charge < -0.3 is 88.9 Å². The summed E-state index contributed by atoms with van der Waals surface area (Å²) in [4.78, 5) is 103. The number of nitrogens with two attached hydrogens (primary N) is 6. The van der Waals surface area contributed by atoms with Crippen molar-refractivity contribution in [3.05, 3.63) is 56.8 Å². The van der Waals surface area contributed by atoms with Crippen molar-refractivity contribution in [1.82, 2.24) is 21.3 Å². The fraction of sp³-hybridized carbons (Fsp3) is 0.537. The van der Waals surface area contributed by atoms with Crippen molar-refractivity contribution in [2.75, 3.05) is 60.7 Å². The molecule has 3 rings (SSSR count). The number of fused-ring (bicyclic) bond motifs is 2. The number of carbonyl (C=O) groups excluding carboxylic acids is 6. The van der Waals surface area contributed by atoms with E-state index in [1.165, 1.54) is 33.5 Å². The zero-order valence-corrected chi connectivity index (χ0v) is 47.0. The van der Waals surface area contributed by atoms with Gasteiger partial charge in [0.15, 0.2) is 36.6 Å². The number of rotatable bonds is 35. The number of allylic oxidation sites excluding steroid dienone is 4. The summed E-state index contributed by atoms with van der Waals surface area (Å²) in [6, 6.07) is -1.68. The topological polar surface area (TPSA) is 428 Å². The number of aromatic hydroxyl groups is 1. The van der Waals surface area contributed by atoms with Crippen LogP contribution >= 0.6 is 0 Å². The highest BCUT2D eigenvalue weighted by molar-refractivity contribution is 5.98. The van der Waals surface area contributed by atoms with Gasteiger partial charge in [0, 0.05) is 36.3 Å². The Hall–Kier alpha value is -8.13. The van der Waals surface area contributed by atoms with Gasteiger partial charge in [-0.25, -0.2) is 9.59 Å². The Morgan fingerprint density at radius 2 is 1.02 bits per heavy atom. The van der Waals surface area contributed by atoms with Crippen LogP contribution in [0.4, 0.5) is 0 Å². The molecule has 0 spiro atoms. The molecule has 4 unspecified atom stereocenters. The first-order valence-electron chi connectivity index (χ1n) is 26.3. The van der Waals surface area contributed by atoms with Crippen LogP contribution in [-0.4, -0.2) is 137 Å². The first-order chi connectivity index (χ1) is 38.1. The standard InChI is InChI=1S/C54H82N12O14/c1-30(2)18-20-32-38(78-28-42(67)63-34(14-8-10-22-55)49(71)65-36(51(73)76-6)16-12-24-61-53(57)58)26-40-45(46(32)69)47(70)44-33(21-19-31(3)4)48(75-5)41(27-39(44)80-40)79-29-43(68)64-35(15-9-11-23-56)50(72)66-37(52(74)77-7)17-13-25-62-54(59)60/h18-19,26-27,34-37,69H,8-17,20-25,28-29,55-56H2,1-7H3,(H,63,67)(H,64,68)(H,65,71)(H,66,72)(H4,57,58,61)(H4,59,60,62). The maximum Gasteiger partial charge on any atom is 0.328 e. The van der Waals surface area contributed by atoms with Crippen LogP contribution in [0.25, 0.3) is 21.9 Å². The van der Waals surface area contributed by atoms with E-state index in [2.05, 4.69) is 31.3 Å². The summed E-state index contributed by atoms with van der Waals surface area (Å²) in [5, 5.41) is 22.6. The van der Waals surface area contributed by atoms with E-state index in [0.29, 0.717) is 57.2 Å². The second kappa shape index (κ2) is 34.0. The number of phenols is 1. The molecule has 0 saturated carbocycles. The third kappa shape index (κ3) is 20.9. The molecule has 0 fully saturated rings. The first kappa shape index (κ1) is 66.2. The number of phenolic OH excluding ortho intramolecular Hbond substituents is 1. The number of unbranched alkanes of at least 4 members (excludes halogenated alkanes) is 2. The number of aliphatic imine (C=N–C) groups is 2. The van der Waals surface area contributed by atoms with Gasteiger partial charge in [0.25, 0.3) is 11.8 Å². The average molecular weight is 1120 g/mol. The van der Waals surface area contributed by atoms with Crippen LogP contribution in [0.15, 0.2) is 54.6 Å². The fourth-order valence-electron chi connectivity index (χ4n) is 8.28. The number of amides is 4. The number of methoxy groups -OCH3 is 3. The second-order valence-corrected chi connectivity index (χ2v) is 19.2. The van der Waals surface area contributed by atoms with Crippen molar-refractivity contribution < 1.29 is 62.0 Å². The summed E-state index contributed by atoms with van der Waals surface area (Å²) in [5.41, 5.74) is 34.5. The van der Waals surface area contributed by atoms with E-state index in [4.69, 9.17) is 62.5 Å². The van der Waals surface area contributed by atoms with E-state index in [1.807, 2.05) is 33.8 Å². The molecular weight excluding hydrogens is 1040 g/mol. The molecule has 80 heavy (non-hydrogen) atoms. The van der Waals surface area contributed by atoms with Gasteiger partial charge in [-0.15, -0.1) is 0 Å². The maximum absolute atomic E-state index is 14.8. The van der Waals surface area contributed by atoms with E-state index in [9.17, 15) is 38.7 Å². The van der Waals surface area contributed by atoms with Crippen molar-refractivity contribution >= 4 is 69.4 Å². The van der Waals surface area contributed by atoms with Crippen LogP contribution in [-0.2, 0) is 51.1 Å². The Labute approximate surface area is 465 Å². The molecule has 1 aromatic heterocycles. The molecular formula is C54H82N12O14. The van der Waals surface area contributed by atoms with Crippen LogP contribution in [0.2, 0.25) is 0 Å². The number of hydrogen-bond donors (Lipinski definition) is 11. The van der Waals surface area contributed by atoms with Crippen LogP contribution in [0.3, 0.4) is 0 Å². The molecule has 442 valence electrons. The van der Waals surface area contributed by atoms with Gasteiger partial charge in [0.2, 0.25) is 17.2 Å². The molecule has 17 N–H and O–H groups in total. The number of nitrogens with one attached hydrogen (secondary N) is 4. The third-order valence-corrected chi connectivity index (χ3v) is 12.4. The molecule has 4 amide bonds. The SMILES string of the molecule is COC(=O)C(CCCN=C(N)N)NC(=O)C(CCCCN)NC(=O)COc1cc2oc3cc(OCC(=O)NC(CCCCN)C(=O)NC(CCCN=C(N)N)C(=O)OC)c(OC)c(CC=C(C)C)c3c(=O)c2c(O)c1CC=C(C)C. The fourth-order valence-corrected chi connectivity index (χ4v) is 8.28. The van der Waals surface area contributed by atoms with Gasteiger partial charge in [-0.2, -0.15) is 0 Å². The zero-order valence-electron chi connectivity index (χ0n) is 47.0. The lowest BCUT2D eigenvalue weighted by molar-refractivity contribution is -0.146. The maximum atomic E-state index is 14.8. The summed E-state index contributed by atoms with van der Waals surface area (Å²) in [5.74, 6) is -4.89. The summed E-state index contributed by atoms with van der Waals surface area (Å²) in [6.45, 7) is 7.12. The normalized spacial score (nSPS) is 12.4. The Bertz CT molecular complexity index is 2800. The third-order valence-electron chi connectivity index (χ3n) is 12.4. The van der Waals surface area contributed by atoms with Crippen molar-refractivity contribution in [2.24, 2.45) is 44.4 Å². The summed E-state index contributed by atoms with van der Waals surface area (Å²) in [6.07, 6.45) is 7.04. The van der Waals surface area contributed by atoms with Crippen molar-refractivity contribution in [1.29, 1.82) is 0 Å². The van der Waals surface area contributed by atoms with E-state index < -0.39 is 84.1 Å². The number of ether oxygens (including phenoxy) is 5. The molecule has 2 aromatic carbocycles. The molecule has 0 aliphatic carbocycles. The number of carbonyl (C=O) groups is 6. The molecule has 0 bridgehead atoms.